The number of nitrogens with zero attached hydrogens (tertiary/aromatic N) is 3. The molecule has 0 unspecified atom stereocenters. The summed E-state index contributed by atoms with van der Waals surface area (Å²) in [6, 6.07) is 14.7. The Labute approximate surface area is 165 Å². The third kappa shape index (κ3) is 4.11. The third-order valence-electron chi connectivity index (χ3n) is 4.96. The maximum Gasteiger partial charge on any atom is 0.418 e. The minimum absolute atomic E-state index is 0.152. The van der Waals surface area contributed by atoms with E-state index in [1.165, 1.54) is 12.1 Å². The van der Waals surface area contributed by atoms with Gasteiger partial charge in [-0.15, -0.1) is 0 Å². The average Bonchev–Trinajstić information content (AvgIpc) is 2.73. The minimum atomic E-state index is -4.41. The van der Waals surface area contributed by atoms with Crippen molar-refractivity contribution in [1.29, 1.82) is 0 Å². The van der Waals surface area contributed by atoms with Crippen molar-refractivity contribution in [2.75, 3.05) is 36.4 Å². The molecule has 8 heteroatoms. The van der Waals surface area contributed by atoms with Gasteiger partial charge in [-0.1, -0.05) is 30.3 Å². The van der Waals surface area contributed by atoms with E-state index in [1.54, 1.807) is 22.1 Å². The number of carbonyl (C=O) groups is 1. The number of urea groups is 1. The van der Waals surface area contributed by atoms with Crippen molar-refractivity contribution in [1.82, 2.24) is 9.88 Å². The van der Waals surface area contributed by atoms with Crippen LogP contribution in [-0.2, 0) is 6.18 Å². The lowest BCUT2D eigenvalue weighted by molar-refractivity contribution is -0.137. The summed E-state index contributed by atoms with van der Waals surface area (Å²) in [4.78, 5) is 20.1. The number of nitrogens with one attached hydrogen (secondary N) is 1. The molecule has 1 N–H and O–H groups in total. The van der Waals surface area contributed by atoms with Gasteiger partial charge >= 0.3 is 12.2 Å². The first-order valence-electron chi connectivity index (χ1n) is 9.24. The SMILES string of the molecule is O=C(Nc1cnc2ccccc2c1)N1CCN(c2ccccc2C(F)(F)F)CC1. The normalized spacial score (nSPS) is 14.9. The molecule has 2 amide bonds. The van der Waals surface area contributed by atoms with Gasteiger partial charge in [-0.3, -0.25) is 4.98 Å². The Morgan fingerprint density at radius 2 is 1.66 bits per heavy atom. The number of aromatic nitrogens is 1. The molecule has 2 heterocycles. The third-order valence-corrected chi connectivity index (χ3v) is 4.96. The molecule has 0 bridgehead atoms. The highest BCUT2D eigenvalue weighted by Crippen LogP contribution is 2.36. The monoisotopic (exact) mass is 400 g/mol. The Hall–Kier alpha value is -3.29. The molecule has 0 spiro atoms. The number of carbonyl (C=O) groups excluding carboxylic acids is 1. The van der Waals surface area contributed by atoms with Gasteiger partial charge in [-0.25, -0.2) is 4.79 Å². The summed E-state index contributed by atoms with van der Waals surface area (Å²) < 4.78 is 39.8. The van der Waals surface area contributed by atoms with Crippen molar-refractivity contribution in [3.8, 4) is 0 Å². The Morgan fingerprint density at radius 1 is 0.966 bits per heavy atom. The zero-order valence-corrected chi connectivity index (χ0v) is 15.5. The highest BCUT2D eigenvalue weighted by molar-refractivity contribution is 5.92. The van der Waals surface area contributed by atoms with Crippen molar-refractivity contribution >= 4 is 28.3 Å². The standard InChI is InChI=1S/C21H19F3N4O/c22-21(23,24)17-6-2-4-8-19(17)27-9-11-28(12-10-27)20(29)26-16-13-15-5-1-3-7-18(15)25-14-16/h1-8,13-14H,9-12H2,(H,26,29). The van der Waals surface area contributed by atoms with Crippen molar-refractivity contribution in [2.45, 2.75) is 6.18 Å². The number of piperazine rings is 1. The number of para-hydroxylation sites is 2. The molecule has 0 radical (unpaired) electrons. The van der Waals surface area contributed by atoms with Crippen molar-refractivity contribution in [2.24, 2.45) is 0 Å². The molecule has 0 atom stereocenters. The molecule has 150 valence electrons. The van der Waals surface area contributed by atoms with Gasteiger partial charge < -0.3 is 15.1 Å². The first kappa shape index (κ1) is 19.0. The van der Waals surface area contributed by atoms with Crippen LogP contribution < -0.4 is 10.2 Å². The number of hydrogen-bond acceptors (Lipinski definition) is 3. The lowest BCUT2D eigenvalue weighted by Crippen LogP contribution is -2.50. The zero-order chi connectivity index (χ0) is 20.4. The second-order valence-corrected chi connectivity index (χ2v) is 6.84. The fourth-order valence-corrected chi connectivity index (χ4v) is 3.48. The summed E-state index contributed by atoms with van der Waals surface area (Å²) in [5.74, 6) is 0. The number of pyridine rings is 1. The summed E-state index contributed by atoms with van der Waals surface area (Å²) in [6.45, 7) is 1.32. The Morgan fingerprint density at radius 3 is 2.41 bits per heavy atom. The molecule has 3 aromatic rings. The first-order chi connectivity index (χ1) is 13.9. The number of benzene rings is 2. The molecule has 1 aromatic heterocycles. The van der Waals surface area contributed by atoms with Crippen LogP contribution in [0.4, 0.5) is 29.3 Å². The lowest BCUT2D eigenvalue weighted by atomic mass is 10.1. The quantitative estimate of drug-likeness (QED) is 0.684. The molecule has 29 heavy (non-hydrogen) atoms. The molecule has 0 aliphatic carbocycles. The van der Waals surface area contributed by atoms with E-state index in [9.17, 15) is 18.0 Å². The summed E-state index contributed by atoms with van der Waals surface area (Å²) in [6.07, 6.45) is -2.82. The maximum absolute atomic E-state index is 13.3. The predicted octanol–water partition coefficient (Wildman–Crippen LogP) is 4.61. The van der Waals surface area contributed by atoms with Gasteiger partial charge in [0.25, 0.3) is 0 Å². The Kier molecular flexibility index (Phi) is 5.00. The smallest absolute Gasteiger partial charge is 0.367 e. The minimum Gasteiger partial charge on any atom is -0.367 e. The lowest BCUT2D eigenvalue weighted by Gasteiger charge is -2.37. The Bertz CT molecular complexity index is 1030. The van der Waals surface area contributed by atoms with E-state index in [0.717, 1.165) is 17.0 Å². The Balaban J connectivity index is 1.41. The number of alkyl halides is 3. The predicted molar refractivity (Wildman–Crippen MR) is 106 cm³/mol. The summed E-state index contributed by atoms with van der Waals surface area (Å²) in [5, 5.41) is 3.74. The molecular formula is C21H19F3N4O. The second-order valence-electron chi connectivity index (χ2n) is 6.84. The largest absolute Gasteiger partial charge is 0.418 e. The van der Waals surface area contributed by atoms with Gasteiger partial charge in [0.2, 0.25) is 0 Å². The van der Waals surface area contributed by atoms with Crippen molar-refractivity contribution in [3.05, 3.63) is 66.4 Å². The van der Waals surface area contributed by atoms with E-state index in [4.69, 9.17) is 0 Å². The summed E-state index contributed by atoms with van der Waals surface area (Å²) >= 11 is 0. The molecule has 2 aromatic carbocycles. The van der Waals surface area contributed by atoms with Gasteiger partial charge in [0.05, 0.1) is 23.0 Å². The van der Waals surface area contributed by atoms with Crippen LogP contribution in [0.25, 0.3) is 10.9 Å². The van der Waals surface area contributed by atoms with Crippen LogP contribution >= 0.6 is 0 Å². The molecular weight excluding hydrogens is 381 g/mol. The molecule has 1 aliphatic heterocycles. The molecule has 1 saturated heterocycles. The van der Waals surface area contributed by atoms with E-state index < -0.39 is 11.7 Å². The number of halogens is 3. The van der Waals surface area contributed by atoms with Gasteiger partial charge in [0, 0.05) is 37.3 Å². The van der Waals surface area contributed by atoms with Gasteiger partial charge in [0.1, 0.15) is 0 Å². The number of anilines is 2. The molecule has 1 fully saturated rings. The highest BCUT2D eigenvalue weighted by Gasteiger charge is 2.35. The van der Waals surface area contributed by atoms with Crippen LogP contribution in [0.3, 0.4) is 0 Å². The number of rotatable bonds is 2. The van der Waals surface area contributed by atoms with Crippen LogP contribution in [0.15, 0.2) is 60.8 Å². The fourth-order valence-electron chi connectivity index (χ4n) is 3.48. The van der Waals surface area contributed by atoms with E-state index >= 15 is 0 Å². The second kappa shape index (κ2) is 7.62. The molecule has 1 aliphatic rings. The van der Waals surface area contributed by atoms with Gasteiger partial charge in [-0.2, -0.15) is 13.2 Å². The average molecular weight is 400 g/mol. The molecule has 5 nitrogen and oxygen atoms in total. The number of hydrogen-bond donors (Lipinski definition) is 1. The van der Waals surface area contributed by atoms with E-state index in [0.29, 0.717) is 31.9 Å². The fraction of sp³-hybridized carbons (Fsp3) is 0.238. The first-order valence-corrected chi connectivity index (χ1v) is 9.24. The van der Waals surface area contributed by atoms with Crippen LogP contribution in [-0.4, -0.2) is 42.1 Å². The number of fused-ring (bicyclic) bond motifs is 1. The number of amides is 2. The highest BCUT2D eigenvalue weighted by atomic mass is 19.4. The van der Waals surface area contributed by atoms with Crippen molar-refractivity contribution in [3.63, 3.8) is 0 Å². The van der Waals surface area contributed by atoms with Gasteiger partial charge in [0.15, 0.2) is 0 Å². The van der Waals surface area contributed by atoms with E-state index in [2.05, 4.69) is 10.3 Å². The van der Waals surface area contributed by atoms with Crippen molar-refractivity contribution < 1.29 is 18.0 Å². The van der Waals surface area contributed by atoms with Crippen LogP contribution in [0.1, 0.15) is 5.56 Å². The van der Waals surface area contributed by atoms with Crippen LogP contribution in [0, 0.1) is 0 Å². The zero-order valence-electron chi connectivity index (χ0n) is 15.5. The summed E-state index contributed by atoms with van der Waals surface area (Å²) in [5.41, 5.74) is 0.917. The summed E-state index contributed by atoms with van der Waals surface area (Å²) in [7, 11) is 0. The van der Waals surface area contributed by atoms with Crippen LogP contribution in [0.2, 0.25) is 0 Å². The van der Waals surface area contributed by atoms with E-state index in [-0.39, 0.29) is 11.7 Å². The maximum atomic E-state index is 13.3. The molecule has 0 saturated carbocycles. The topological polar surface area (TPSA) is 48.5 Å². The van der Waals surface area contributed by atoms with Crippen LogP contribution in [0.5, 0.6) is 0 Å². The van der Waals surface area contributed by atoms with Gasteiger partial charge in [-0.05, 0) is 24.3 Å². The van der Waals surface area contributed by atoms with E-state index in [1.807, 2.05) is 30.3 Å². The molecule has 4 rings (SSSR count).